The summed E-state index contributed by atoms with van der Waals surface area (Å²) in [5, 5.41) is 0. The molecule has 0 bridgehead atoms. The maximum Gasteiger partial charge on any atom is 0.323 e. The molecule has 2 aliphatic rings. The van der Waals surface area contributed by atoms with Crippen molar-refractivity contribution >= 4 is 11.9 Å². The van der Waals surface area contributed by atoms with Crippen LogP contribution in [0.25, 0.3) is 0 Å². The molecule has 0 unspecified atom stereocenters. The second-order valence-corrected chi connectivity index (χ2v) is 6.03. The first-order valence-corrected chi connectivity index (χ1v) is 6.92. The van der Waals surface area contributed by atoms with Gasteiger partial charge in [-0.1, -0.05) is 31.2 Å². The molecule has 20 heavy (non-hydrogen) atoms. The number of hydrogen-bond donors (Lipinski definition) is 0. The highest BCUT2D eigenvalue weighted by Crippen LogP contribution is 2.55. The summed E-state index contributed by atoms with van der Waals surface area (Å²) in [6.45, 7) is 6.33. The number of carbonyl (C=O) groups is 2. The van der Waals surface area contributed by atoms with E-state index < -0.39 is 17.4 Å². The highest BCUT2D eigenvalue weighted by atomic mass is 16.5. The Balaban J connectivity index is 2.38. The molecule has 2 atom stereocenters. The van der Waals surface area contributed by atoms with Crippen LogP contribution in [0.15, 0.2) is 24.3 Å². The number of ether oxygens (including phenoxy) is 2. The lowest BCUT2D eigenvalue weighted by atomic mass is 9.54. The molecular weight excluding hydrogens is 256 g/mol. The van der Waals surface area contributed by atoms with E-state index in [4.69, 9.17) is 9.47 Å². The lowest BCUT2D eigenvalue weighted by molar-refractivity contribution is -0.174. The van der Waals surface area contributed by atoms with Gasteiger partial charge in [0, 0.05) is 0 Å². The molecule has 0 aromatic carbocycles. The van der Waals surface area contributed by atoms with Gasteiger partial charge in [0.15, 0.2) is 5.41 Å². The van der Waals surface area contributed by atoms with E-state index in [2.05, 4.69) is 25.7 Å². The minimum Gasteiger partial charge on any atom is -0.468 e. The number of methoxy groups -OCH3 is 2. The molecular formula is C16H22O4. The van der Waals surface area contributed by atoms with Crippen molar-refractivity contribution in [1.29, 1.82) is 0 Å². The van der Waals surface area contributed by atoms with E-state index in [-0.39, 0.29) is 11.3 Å². The number of carbonyl (C=O) groups excluding carboxylic acids is 2. The SMILES string of the molecule is C=C1CC=C[C@H]2CC(C(=O)OC)(C(=O)OC)CC[C@]12C. The molecule has 0 radical (unpaired) electrons. The third-order valence-electron chi connectivity index (χ3n) is 5.15. The highest BCUT2D eigenvalue weighted by molar-refractivity contribution is 6.00. The van der Waals surface area contributed by atoms with Crippen LogP contribution in [0.2, 0.25) is 0 Å². The number of allylic oxidation sites excluding steroid dienone is 3. The number of hydrogen-bond acceptors (Lipinski definition) is 4. The maximum atomic E-state index is 12.2. The van der Waals surface area contributed by atoms with Crippen molar-refractivity contribution in [3.63, 3.8) is 0 Å². The number of fused-ring (bicyclic) bond motifs is 1. The smallest absolute Gasteiger partial charge is 0.323 e. The minimum atomic E-state index is -1.17. The van der Waals surface area contributed by atoms with Gasteiger partial charge in [0.25, 0.3) is 0 Å². The van der Waals surface area contributed by atoms with Crippen LogP contribution in [0.4, 0.5) is 0 Å². The van der Waals surface area contributed by atoms with Crippen LogP contribution in [-0.2, 0) is 19.1 Å². The predicted octanol–water partition coefficient (Wildman–Crippen LogP) is 2.64. The van der Waals surface area contributed by atoms with Crippen LogP contribution < -0.4 is 0 Å². The second-order valence-electron chi connectivity index (χ2n) is 6.03. The fourth-order valence-electron chi connectivity index (χ4n) is 3.53. The Morgan fingerprint density at radius 1 is 1.25 bits per heavy atom. The zero-order valence-electron chi connectivity index (χ0n) is 12.4. The van der Waals surface area contributed by atoms with E-state index in [0.29, 0.717) is 12.8 Å². The van der Waals surface area contributed by atoms with Crippen LogP contribution in [0.1, 0.15) is 32.6 Å². The molecule has 0 N–H and O–H groups in total. The summed E-state index contributed by atoms with van der Waals surface area (Å²) in [4.78, 5) is 24.4. The topological polar surface area (TPSA) is 52.6 Å². The number of esters is 2. The van der Waals surface area contributed by atoms with Crippen LogP contribution in [0.3, 0.4) is 0 Å². The average Bonchev–Trinajstić information content (AvgIpc) is 2.46. The number of rotatable bonds is 2. The quantitative estimate of drug-likeness (QED) is 0.442. The van der Waals surface area contributed by atoms with Gasteiger partial charge in [-0.25, -0.2) is 0 Å². The Morgan fingerprint density at radius 3 is 2.40 bits per heavy atom. The summed E-state index contributed by atoms with van der Waals surface area (Å²) in [6.07, 6.45) is 6.67. The molecule has 1 fully saturated rings. The van der Waals surface area contributed by atoms with Gasteiger partial charge in [-0.05, 0) is 37.0 Å². The van der Waals surface area contributed by atoms with Crippen LogP contribution >= 0.6 is 0 Å². The Labute approximate surface area is 119 Å². The molecule has 0 aromatic rings. The Morgan fingerprint density at radius 2 is 1.85 bits per heavy atom. The van der Waals surface area contributed by atoms with Gasteiger partial charge in [0.05, 0.1) is 14.2 Å². The van der Waals surface area contributed by atoms with Crippen LogP contribution in [0, 0.1) is 16.7 Å². The highest BCUT2D eigenvalue weighted by Gasteiger charge is 2.56. The van der Waals surface area contributed by atoms with Crippen LogP contribution in [0.5, 0.6) is 0 Å². The van der Waals surface area contributed by atoms with Gasteiger partial charge in [-0.3, -0.25) is 9.59 Å². The molecule has 4 heteroatoms. The molecule has 4 nitrogen and oxygen atoms in total. The average molecular weight is 278 g/mol. The summed E-state index contributed by atoms with van der Waals surface area (Å²) in [5.74, 6) is -0.859. The Bertz CT molecular complexity index is 461. The van der Waals surface area contributed by atoms with Crippen molar-refractivity contribution in [2.24, 2.45) is 16.7 Å². The predicted molar refractivity (Wildman–Crippen MR) is 74.8 cm³/mol. The van der Waals surface area contributed by atoms with Crippen molar-refractivity contribution < 1.29 is 19.1 Å². The van der Waals surface area contributed by atoms with Gasteiger partial charge in [-0.2, -0.15) is 0 Å². The second kappa shape index (κ2) is 5.08. The third kappa shape index (κ3) is 1.98. The molecule has 2 rings (SSSR count). The summed E-state index contributed by atoms with van der Waals surface area (Å²) in [7, 11) is 2.63. The van der Waals surface area contributed by atoms with E-state index in [1.54, 1.807) is 0 Å². The van der Waals surface area contributed by atoms with E-state index in [9.17, 15) is 9.59 Å². The van der Waals surface area contributed by atoms with Gasteiger partial charge in [0.1, 0.15) is 0 Å². The van der Waals surface area contributed by atoms with Gasteiger partial charge in [-0.15, -0.1) is 0 Å². The summed E-state index contributed by atoms with van der Waals surface area (Å²) < 4.78 is 9.74. The van der Waals surface area contributed by atoms with Gasteiger partial charge >= 0.3 is 11.9 Å². The zero-order chi connectivity index (χ0) is 15.0. The van der Waals surface area contributed by atoms with Crippen LogP contribution in [-0.4, -0.2) is 26.2 Å². The molecule has 1 saturated carbocycles. The maximum absolute atomic E-state index is 12.2. The molecule has 0 aliphatic heterocycles. The first-order chi connectivity index (χ1) is 9.40. The van der Waals surface area contributed by atoms with E-state index in [1.807, 2.05) is 0 Å². The minimum absolute atomic E-state index is 0.0414. The first-order valence-electron chi connectivity index (χ1n) is 6.92. The summed E-state index contributed by atoms with van der Waals surface area (Å²) in [5.41, 5.74) is -0.0380. The van der Waals surface area contributed by atoms with Gasteiger partial charge in [0.2, 0.25) is 0 Å². The van der Waals surface area contributed by atoms with Crippen molar-refractivity contribution in [1.82, 2.24) is 0 Å². The molecule has 0 heterocycles. The Kier molecular flexibility index (Phi) is 3.76. The molecule has 110 valence electrons. The summed E-state index contributed by atoms with van der Waals surface area (Å²) in [6, 6.07) is 0. The molecule has 0 spiro atoms. The normalized spacial score (nSPS) is 31.4. The van der Waals surface area contributed by atoms with E-state index >= 15 is 0 Å². The Hall–Kier alpha value is -1.58. The molecule has 0 aromatic heterocycles. The lowest BCUT2D eigenvalue weighted by Gasteiger charge is -2.49. The zero-order valence-corrected chi connectivity index (χ0v) is 12.4. The fourth-order valence-corrected chi connectivity index (χ4v) is 3.53. The monoisotopic (exact) mass is 278 g/mol. The largest absolute Gasteiger partial charge is 0.468 e. The van der Waals surface area contributed by atoms with Crippen molar-refractivity contribution in [3.8, 4) is 0 Å². The van der Waals surface area contributed by atoms with E-state index in [0.717, 1.165) is 12.8 Å². The molecule has 0 amide bonds. The molecule has 0 saturated heterocycles. The van der Waals surface area contributed by atoms with E-state index in [1.165, 1.54) is 19.8 Å². The fraction of sp³-hybridized carbons (Fsp3) is 0.625. The summed E-state index contributed by atoms with van der Waals surface area (Å²) >= 11 is 0. The lowest BCUT2D eigenvalue weighted by Crippen LogP contribution is -2.50. The molecule has 2 aliphatic carbocycles. The van der Waals surface area contributed by atoms with Crippen molar-refractivity contribution in [2.75, 3.05) is 14.2 Å². The third-order valence-corrected chi connectivity index (χ3v) is 5.15. The van der Waals surface area contributed by atoms with Gasteiger partial charge < -0.3 is 9.47 Å². The van der Waals surface area contributed by atoms with Crippen molar-refractivity contribution in [3.05, 3.63) is 24.3 Å². The van der Waals surface area contributed by atoms with Crippen molar-refractivity contribution in [2.45, 2.75) is 32.6 Å². The first kappa shape index (κ1) is 14.8. The standard InChI is InChI=1S/C16H22O4/c1-11-6-5-7-12-10-16(13(17)19-3,14(18)20-4)9-8-15(11,12)2/h5,7,12H,1,6,8-10H2,2-4H3/t12-,15+/m0/s1.